The number of hydrogen-bond acceptors (Lipinski definition) is 3. The van der Waals surface area contributed by atoms with Crippen molar-refractivity contribution in [2.75, 3.05) is 7.05 Å². The van der Waals surface area contributed by atoms with Gasteiger partial charge < -0.3 is 5.73 Å². The number of nitrogens with zero attached hydrogens (tertiary/aromatic N) is 2. The molecular weight excluding hydrogens is 198 g/mol. The number of rotatable bonds is 5. The lowest BCUT2D eigenvalue weighted by molar-refractivity contribution is 0.346. The van der Waals surface area contributed by atoms with Gasteiger partial charge in [-0.25, -0.2) is 0 Å². The van der Waals surface area contributed by atoms with E-state index in [1.807, 2.05) is 37.2 Å². The molecule has 0 aliphatic heterocycles. The van der Waals surface area contributed by atoms with Crippen molar-refractivity contribution in [2.45, 2.75) is 19.5 Å². The van der Waals surface area contributed by atoms with E-state index in [1.54, 1.807) is 6.08 Å². The Morgan fingerprint density at radius 2 is 2.12 bits per heavy atom. The molecule has 0 radical (unpaired) electrons. The van der Waals surface area contributed by atoms with Gasteiger partial charge in [0.25, 0.3) is 0 Å². The van der Waals surface area contributed by atoms with Crippen LogP contribution in [0.15, 0.2) is 48.1 Å². The SMILES string of the molecule is C=CC(=NN(C)Cc1ccccc1)C(C)N. The standard InChI is InChI=1S/C13H19N3/c1-4-13(11(2)14)15-16(3)10-12-8-6-5-7-9-12/h4-9,11H,1,10,14H2,2-3H3. The van der Waals surface area contributed by atoms with Crippen LogP contribution in [0, 0.1) is 0 Å². The van der Waals surface area contributed by atoms with E-state index in [0.717, 1.165) is 12.3 Å². The maximum Gasteiger partial charge on any atom is 0.0763 e. The van der Waals surface area contributed by atoms with Crippen molar-refractivity contribution in [3.8, 4) is 0 Å². The molecule has 0 saturated carbocycles. The zero-order chi connectivity index (χ0) is 12.0. The first kappa shape index (κ1) is 12.5. The fraction of sp³-hybridized carbons (Fsp3) is 0.308. The predicted molar refractivity (Wildman–Crippen MR) is 69.2 cm³/mol. The van der Waals surface area contributed by atoms with Gasteiger partial charge in [-0.2, -0.15) is 5.10 Å². The molecule has 1 aromatic carbocycles. The van der Waals surface area contributed by atoms with Crippen LogP contribution in [-0.4, -0.2) is 23.8 Å². The topological polar surface area (TPSA) is 41.6 Å². The van der Waals surface area contributed by atoms with Crippen molar-refractivity contribution in [1.29, 1.82) is 0 Å². The van der Waals surface area contributed by atoms with Gasteiger partial charge in [0.1, 0.15) is 0 Å². The second-order valence-corrected chi connectivity index (χ2v) is 3.82. The molecule has 1 aromatic rings. The molecule has 0 aliphatic carbocycles. The summed E-state index contributed by atoms with van der Waals surface area (Å²) in [6.45, 7) is 6.37. The van der Waals surface area contributed by atoms with Crippen LogP contribution in [0.25, 0.3) is 0 Å². The molecule has 3 nitrogen and oxygen atoms in total. The van der Waals surface area contributed by atoms with Gasteiger partial charge in [0.2, 0.25) is 0 Å². The fourth-order valence-corrected chi connectivity index (χ4v) is 1.40. The highest BCUT2D eigenvalue weighted by molar-refractivity contribution is 5.98. The van der Waals surface area contributed by atoms with Crippen molar-refractivity contribution < 1.29 is 0 Å². The van der Waals surface area contributed by atoms with Crippen LogP contribution in [0.3, 0.4) is 0 Å². The number of benzene rings is 1. The van der Waals surface area contributed by atoms with Gasteiger partial charge in [-0.1, -0.05) is 36.9 Å². The lowest BCUT2D eigenvalue weighted by Gasteiger charge is -2.16. The van der Waals surface area contributed by atoms with Crippen LogP contribution in [-0.2, 0) is 6.54 Å². The van der Waals surface area contributed by atoms with Crippen molar-refractivity contribution in [1.82, 2.24) is 5.01 Å². The third-order valence-electron chi connectivity index (χ3n) is 2.22. The van der Waals surface area contributed by atoms with Gasteiger partial charge in [0, 0.05) is 13.1 Å². The van der Waals surface area contributed by atoms with Crippen molar-refractivity contribution in [3.63, 3.8) is 0 Å². The summed E-state index contributed by atoms with van der Waals surface area (Å²) in [7, 11) is 1.93. The Labute approximate surface area is 97.3 Å². The van der Waals surface area contributed by atoms with E-state index in [2.05, 4.69) is 23.8 Å². The van der Waals surface area contributed by atoms with Gasteiger partial charge in [-0.15, -0.1) is 0 Å². The molecule has 3 heteroatoms. The third-order valence-corrected chi connectivity index (χ3v) is 2.22. The molecule has 86 valence electrons. The van der Waals surface area contributed by atoms with Gasteiger partial charge in [-0.05, 0) is 18.6 Å². The van der Waals surface area contributed by atoms with Crippen molar-refractivity contribution in [3.05, 3.63) is 48.6 Å². The van der Waals surface area contributed by atoms with E-state index in [-0.39, 0.29) is 6.04 Å². The predicted octanol–water partition coefficient (Wildman–Crippen LogP) is 2.01. The molecule has 0 saturated heterocycles. The number of nitrogens with two attached hydrogens (primary N) is 1. The van der Waals surface area contributed by atoms with Crippen LogP contribution in [0.5, 0.6) is 0 Å². The van der Waals surface area contributed by atoms with Crippen LogP contribution in [0.1, 0.15) is 12.5 Å². The molecule has 0 fully saturated rings. The third kappa shape index (κ3) is 3.87. The fourth-order valence-electron chi connectivity index (χ4n) is 1.40. The minimum absolute atomic E-state index is 0.0873. The van der Waals surface area contributed by atoms with Gasteiger partial charge in [0.05, 0.1) is 12.3 Å². The molecule has 1 atom stereocenters. The highest BCUT2D eigenvalue weighted by Crippen LogP contribution is 2.03. The lowest BCUT2D eigenvalue weighted by atomic mass is 10.2. The minimum Gasteiger partial charge on any atom is -0.323 e. The first-order valence-corrected chi connectivity index (χ1v) is 5.35. The molecule has 0 aliphatic rings. The highest BCUT2D eigenvalue weighted by Gasteiger charge is 2.03. The molecule has 2 N–H and O–H groups in total. The second-order valence-electron chi connectivity index (χ2n) is 3.82. The zero-order valence-corrected chi connectivity index (χ0v) is 9.93. The smallest absolute Gasteiger partial charge is 0.0763 e. The van der Waals surface area contributed by atoms with E-state index >= 15 is 0 Å². The van der Waals surface area contributed by atoms with Crippen LogP contribution >= 0.6 is 0 Å². The quantitative estimate of drug-likeness (QED) is 0.605. The average Bonchev–Trinajstić information content (AvgIpc) is 2.27. The maximum absolute atomic E-state index is 5.76. The summed E-state index contributed by atoms with van der Waals surface area (Å²) < 4.78 is 0. The van der Waals surface area contributed by atoms with Crippen LogP contribution in [0.2, 0.25) is 0 Å². The molecule has 1 rings (SSSR count). The summed E-state index contributed by atoms with van der Waals surface area (Å²) >= 11 is 0. The zero-order valence-electron chi connectivity index (χ0n) is 9.93. The first-order chi connectivity index (χ1) is 7.63. The Bertz CT molecular complexity index is 355. The number of hydrazone groups is 1. The van der Waals surface area contributed by atoms with E-state index < -0.39 is 0 Å². The van der Waals surface area contributed by atoms with E-state index in [1.165, 1.54) is 5.56 Å². The first-order valence-electron chi connectivity index (χ1n) is 5.35. The lowest BCUT2D eigenvalue weighted by Crippen LogP contribution is -2.27. The summed E-state index contributed by atoms with van der Waals surface area (Å²) in [4.78, 5) is 0. The Balaban J connectivity index is 2.66. The summed E-state index contributed by atoms with van der Waals surface area (Å²) in [6.07, 6.45) is 1.70. The molecule has 0 spiro atoms. The molecule has 0 aromatic heterocycles. The van der Waals surface area contributed by atoms with Crippen molar-refractivity contribution in [2.24, 2.45) is 10.8 Å². The van der Waals surface area contributed by atoms with E-state index in [4.69, 9.17) is 5.73 Å². The normalized spacial score (nSPS) is 13.3. The molecule has 16 heavy (non-hydrogen) atoms. The highest BCUT2D eigenvalue weighted by atomic mass is 15.4. The average molecular weight is 217 g/mol. The Morgan fingerprint density at radius 1 is 1.50 bits per heavy atom. The van der Waals surface area contributed by atoms with Crippen molar-refractivity contribution >= 4 is 5.71 Å². The molecule has 0 bridgehead atoms. The molecule has 0 amide bonds. The Kier molecular flexibility index (Phi) is 4.73. The van der Waals surface area contributed by atoms with Gasteiger partial charge in [0.15, 0.2) is 0 Å². The summed E-state index contributed by atoms with van der Waals surface area (Å²) in [5.41, 5.74) is 7.79. The van der Waals surface area contributed by atoms with Gasteiger partial charge >= 0.3 is 0 Å². The summed E-state index contributed by atoms with van der Waals surface area (Å²) in [5.74, 6) is 0. The van der Waals surface area contributed by atoms with E-state index in [0.29, 0.717) is 0 Å². The van der Waals surface area contributed by atoms with Crippen LogP contribution in [0.4, 0.5) is 0 Å². The second kappa shape index (κ2) is 6.08. The van der Waals surface area contributed by atoms with E-state index in [9.17, 15) is 0 Å². The summed E-state index contributed by atoms with van der Waals surface area (Å²) in [6, 6.07) is 10.1. The molecule has 1 unspecified atom stereocenters. The van der Waals surface area contributed by atoms with Gasteiger partial charge in [-0.3, -0.25) is 5.01 Å². The maximum atomic E-state index is 5.76. The van der Waals surface area contributed by atoms with Crippen LogP contribution < -0.4 is 5.73 Å². The Hall–Kier alpha value is -1.61. The molecule has 0 heterocycles. The number of hydrogen-bond donors (Lipinski definition) is 1. The molecular formula is C13H19N3. The monoisotopic (exact) mass is 217 g/mol. The summed E-state index contributed by atoms with van der Waals surface area (Å²) in [5, 5.41) is 6.27. The minimum atomic E-state index is -0.0873. The largest absolute Gasteiger partial charge is 0.323 e. The Morgan fingerprint density at radius 3 is 2.62 bits per heavy atom.